The minimum absolute atomic E-state index is 0.612. The summed E-state index contributed by atoms with van der Waals surface area (Å²) in [5.41, 5.74) is 1.39. The number of hydrogen-bond donors (Lipinski definition) is 2. The van der Waals surface area contributed by atoms with Crippen LogP contribution in [0.4, 0.5) is 0 Å². The fourth-order valence-corrected chi connectivity index (χ4v) is 4.79. The smallest absolute Gasteiger partial charge is 0.191 e. The summed E-state index contributed by atoms with van der Waals surface area (Å²) in [6.07, 6.45) is 14.0. The molecule has 2 aliphatic rings. The average molecular weight is 335 g/mol. The van der Waals surface area contributed by atoms with Crippen molar-refractivity contribution < 1.29 is 0 Å². The lowest BCUT2D eigenvalue weighted by atomic mass is 9.96. The van der Waals surface area contributed by atoms with Crippen LogP contribution in [0.15, 0.2) is 4.99 Å². The Bertz CT molecular complexity index is 494. The predicted octanol–water partition coefficient (Wildman–Crippen LogP) is 3.45. The largest absolute Gasteiger partial charge is 0.356 e. The highest BCUT2D eigenvalue weighted by molar-refractivity contribution is 7.11. The lowest BCUT2D eigenvalue weighted by Gasteiger charge is -2.24. The number of hydrogen-bond acceptors (Lipinski definition) is 3. The van der Waals surface area contributed by atoms with Crippen LogP contribution in [0.2, 0.25) is 0 Å². The summed E-state index contributed by atoms with van der Waals surface area (Å²) in [5, 5.41) is 8.36. The van der Waals surface area contributed by atoms with Crippen molar-refractivity contribution in [2.24, 2.45) is 4.99 Å². The first-order valence-corrected chi connectivity index (χ1v) is 10.1. The number of rotatable bonds is 5. The van der Waals surface area contributed by atoms with E-state index in [0.717, 1.165) is 25.3 Å². The number of aliphatic imine (C=N–C) groups is 1. The quantitative estimate of drug-likeness (QED) is 0.492. The van der Waals surface area contributed by atoms with E-state index in [0.29, 0.717) is 6.04 Å². The van der Waals surface area contributed by atoms with Crippen LogP contribution < -0.4 is 10.6 Å². The van der Waals surface area contributed by atoms with Gasteiger partial charge in [-0.1, -0.05) is 19.3 Å². The zero-order valence-electron chi connectivity index (χ0n) is 14.4. The molecular weight excluding hydrogens is 304 g/mol. The van der Waals surface area contributed by atoms with Gasteiger partial charge in [-0.25, -0.2) is 4.98 Å². The maximum atomic E-state index is 4.83. The third-order valence-corrected chi connectivity index (χ3v) is 6.14. The maximum Gasteiger partial charge on any atom is 0.191 e. The summed E-state index contributed by atoms with van der Waals surface area (Å²) in [4.78, 5) is 10.7. The topological polar surface area (TPSA) is 49.3 Å². The van der Waals surface area contributed by atoms with Crippen LogP contribution in [0.5, 0.6) is 0 Å². The number of guanidine groups is 1. The summed E-state index contributed by atoms with van der Waals surface area (Å²) in [5.74, 6) is 0.968. The molecule has 4 nitrogen and oxygen atoms in total. The Morgan fingerprint density at radius 2 is 2.00 bits per heavy atom. The fourth-order valence-electron chi connectivity index (χ4n) is 3.59. The standard InChI is InChI=1S/C18H30N4S/c1-19-18(21-14-8-3-2-4-9-14)20-13-7-12-17-22-15-10-5-6-11-16(15)23-17/h14H,2-13H2,1H3,(H2,19,20,21). The molecule has 1 aromatic rings. The van der Waals surface area contributed by atoms with Crippen molar-refractivity contribution in [1.29, 1.82) is 0 Å². The summed E-state index contributed by atoms with van der Waals surface area (Å²) >= 11 is 1.94. The van der Waals surface area contributed by atoms with Gasteiger partial charge in [-0.15, -0.1) is 11.3 Å². The van der Waals surface area contributed by atoms with E-state index in [1.54, 1.807) is 4.88 Å². The molecule has 5 heteroatoms. The molecule has 1 saturated carbocycles. The Kier molecular flexibility index (Phi) is 6.31. The molecule has 0 saturated heterocycles. The lowest BCUT2D eigenvalue weighted by molar-refractivity contribution is 0.410. The molecule has 23 heavy (non-hydrogen) atoms. The maximum absolute atomic E-state index is 4.83. The van der Waals surface area contributed by atoms with E-state index in [1.807, 2.05) is 18.4 Å². The first-order valence-electron chi connectivity index (χ1n) is 9.30. The molecule has 1 aromatic heterocycles. The first-order chi connectivity index (χ1) is 11.3. The van der Waals surface area contributed by atoms with Crippen molar-refractivity contribution >= 4 is 17.3 Å². The van der Waals surface area contributed by atoms with Crippen molar-refractivity contribution in [1.82, 2.24) is 15.6 Å². The van der Waals surface area contributed by atoms with Crippen LogP contribution in [-0.2, 0) is 19.3 Å². The van der Waals surface area contributed by atoms with E-state index in [9.17, 15) is 0 Å². The molecule has 2 aliphatic carbocycles. The number of thiazole rings is 1. The zero-order chi connectivity index (χ0) is 15.9. The molecule has 1 heterocycles. The number of nitrogens with one attached hydrogen (secondary N) is 2. The van der Waals surface area contributed by atoms with Crippen molar-refractivity contribution in [3.05, 3.63) is 15.6 Å². The Labute approximate surface area is 144 Å². The Morgan fingerprint density at radius 3 is 2.78 bits per heavy atom. The molecular formula is C18H30N4S. The summed E-state index contributed by atoms with van der Waals surface area (Å²) in [6, 6.07) is 0.612. The minimum atomic E-state index is 0.612. The molecule has 0 amide bonds. The second-order valence-electron chi connectivity index (χ2n) is 6.77. The molecule has 0 aromatic carbocycles. The van der Waals surface area contributed by atoms with Crippen molar-refractivity contribution in [2.45, 2.75) is 76.7 Å². The minimum Gasteiger partial charge on any atom is -0.356 e. The molecule has 0 unspecified atom stereocenters. The van der Waals surface area contributed by atoms with Crippen molar-refractivity contribution in [3.8, 4) is 0 Å². The van der Waals surface area contributed by atoms with Crippen LogP contribution in [0.3, 0.4) is 0 Å². The van der Waals surface area contributed by atoms with Gasteiger partial charge < -0.3 is 10.6 Å². The average Bonchev–Trinajstić information content (AvgIpc) is 3.01. The molecule has 128 valence electrons. The van der Waals surface area contributed by atoms with Crippen LogP contribution in [0.1, 0.15) is 66.9 Å². The van der Waals surface area contributed by atoms with Gasteiger partial charge in [0.25, 0.3) is 0 Å². The van der Waals surface area contributed by atoms with Gasteiger partial charge in [0.2, 0.25) is 0 Å². The molecule has 0 atom stereocenters. The van der Waals surface area contributed by atoms with Crippen molar-refractivity contribution in [2.75, 3.05) is 13.6 Å². The second kappa shape index (κ2) is 8.67. The van der Waals surface area contributed by atoms with Crippen LogP contribution in [0, 0.1) is 0 Å². The number of aromatic nitrogens is 1. The molecule has 0 aliphatic heterocycles. The van der Waals surface area contributed by atoms with Gasteiger partial charge in [0, 0.05) is 30.9 Å². The lowest BCUT2D eigenvalue weighted by Crippen LogP contribution is -2.44. The van der Waals surface area contributed by atoms with Crippen LogP contribution >= 0.6 is 11.3 Å². The zero-order valence-corrected chi connectivity index (χ0v) is 15.2. The van der Waals surface area contributed by atoms with Gasteiger partial charge in [-0.3, -0.25) is 4.99 Å². The summed E-state index contributed by atoms with van der Waals surface area (Å²) in [6.45, 7) is 0.969. The molecule has 0 bridgehead atoms. The highest BCUT2D eigenvalue weighted by Crippen LogP contribution is 2.27. The monoisotopic (exact) mass is 334 g/mol. The Morgan fingerprint density at radius 1 is 1.17 bits per heavy atom. The van der Waals surface area contributed by atoms with Crippen LogP contribution in [0.25, 0.3) is 0 Å². The third-order valence-electron chi connectivity index (χ3n) is 4.92. The van der Waals surface area contributed by atoms with Gasteiger partial charge in [-0.05, 0) is 44.9 Å². The first kappa shape index (κ1) is 16.7. The Hall–Kier alpha value is -1.10. The summed E-state index contributed by atoms with van der Waals surface area (Å²) in [7, 11) is 1.87. The van der Waals surface area contributed by atoms with Crippen molar-refractivity contribution in [3.63, 3.8) is 0 Å². The Balaban J connectivity index is 1.37. The molecule has 0 radical (unpaired) electrons. The van der Waals surface area contributed by atoms with Gasteiger partial charge in [0.05, 0.1) is 10.7 Å². The molecule has 3 rings (SSSR count). The van der Waals surface area contributed by atoms with Gasteiger partial charge in [0.1, 0.15) is 0 Å². The predicted molar refractivity (Wildman–Crippen MR) is 98.4 cm³/mol. The van der Waals surface area contributed by atoms with E-state index in [4.69, 9.17) is 4.98 Å². The number of fused-ring (bicyclic) bond motifs is 1. The second-order valence-corrected chi connectivity index (χ2v) is 7.93. The SMILES string of the molecule is CN=C(NCCCc1nc2c(s1)CCCC2)NC1CCCCC1. The normalized spacial score (nSPS) is 19.4. The van der Waals surface area contributed by atoms with E-state index >= 15 is 0 Å². The van der Waals surface area contributed by atoms with Gasteiger partial charge in [0.15, 0.2) is 5.96 Å². The highest BCUT2D eigenvalue weighted by Gasteiger charge is 2.15. The third kappa shape index (κ3) is 4.93. The van der Waals surface area contributed by atoms with Gasteiger partial charge >= 0.3 is 0 Å². The van der Waals surface area contributed by atoms with Gasteiger partial charge in [-0.2, -0.15) is 0 Å². The molecule has 1 fully saturated rings. The number of aryl methyl sites for hydroxylation is 3. The fraction of sp³-hybridized carbons (Fsp3) is 0.778. The van der Waals surface area contributed by atoms with Crippen LogP contribution in [-0.4, -0.2) is 30.6 Å². The number of nitrogens with zero attached hydrogens (tertiary/aromatic N) is 2. The van der Waals surface area contributed by atoms with E-state index in [2.05, 4.69) is 15.6 Å². The van der Waals surface area contributed by atoms with E-state index in [1.165, 1.54) is 68.5 Å². The summed E-state index contributed by atoms with van der Waals surface area (Å²) < 4.78 is 0. The highest BCUT2D eigenvalue weighted by atomic mass is 32.1. The van der Waals surface area contributed by atoms with E-state index in [-0.39, 0.29) is 0 Å². The molecule has 2 N–H and O–H groups in total. The van der Waals surface area contributed by atoms with E-state index < -0.39 is 0 Å². The molecule has 0 spiro atoms.